The van der Waals surface area contributed by atoms with E-state index in [1.54, 1.807) is 0 Å². The monoisotopic (exact) mass is 308 g/mol. The molecule has 2 nitrogen and oxygen atoms in total. The molecule has 0 unspecified atom stereocenters. The first-order valence-electron chi connectivity index (χ1n) is 8.57. The topological polar surface area (TPSA) is 24.1 Å². The summed E-state index contributed by atoms with van der Waals surface area (Å²) in [5.41, 5.74) is 6.12. The van der Waals surface area contributed by atoms with E-state index >= 15 is 0 Å². The lowest BCUT2D eigenvalue weighted by atomic mass is 9.98. The first-order chi connectivity index (χ1) is 11.2. The maximum Gasteiger partial charge on any atom is 0.0652 e. The number of hydrogen-bond donors (Lipinski definition) is 2. The fourth-order valence-electron chi connectivity index (χ4n) is 2.50. The Kier molecular flexibility index (Phi) is 6.89. The summed E-state index contributed by atoms with van der Waals surface area (Å²) in [6.07, 6.45) is 3.51. The highest BCUT2D eigenvalue weighted by Crippen LogP contribution is 2.25. The van der Waals surface area contributed by atoms with Crippen molar-refractivity contribution < 1.29 is 0 Å². The third-order valence-electron chi connectivity index (χ3n) is 4.01. The van der Waals surface area contributed by atoms with Gasteiger partial charge in [-0.25, -0.2) is 0 Å². The van der Waals surface area contributed by atoms with Crippen LogP contribution in [0.3, 0.4) is 0 Å². The molecular formula is C21H28N2. The third-order valence-corrected chi connectivity index (χ3v) is 4.01. The lowest BCUT2D eigenvalue weighted by Crippen LogP contribution is -2.21. The first kappa shape index (κ1) is 17.3. The van der Waals surface area contributed by atoms with Crippen LogP contribution in [0.1, 0.15) is 38.7 Å². The Balaban J connectivity index is 2.00. The van der Waals surface area contributed by atoms with E-state index in [0.717, 1.165) is 25.3 Å². The highest BCUT2D eigenvalue weighted by Gasteiger charge is 2.01. The Morgan fingerprint density at radius 1 is 0.913 bits per heavy atom. The quantitative estimate of drug-likeness (QED) is 0.470. The van der Waals surface area contributed by atoms with Crippen molar-refractivity contribution in [2.45, 2.75) is 33.1 Å². The molecule has 0 bridgehead atoms. The second-order valence-corrected chi connectivity index (χ2v) is 5.82. The zero-order valence-electron chi connectivity index (χ0n) is 14.4. The normalized spacial score (nSPS) is 10.5. The highest BCUT2D eigenvalue weighted by molar-refractivity contribution is 5.70. The molecule has 0 amide bonds. The second-order valence-electron chi connectivity index (χ2n) is 5.82. The van der Waals surface area contributed by atoms with Gasteiger partial charge in [0, 0.05) is 5.69 Å². The van der Waals surface area contributed by atoms with Crippen LogP contribution in [0.2, 0.25) is 0 Å². The molecule has 0 aromatic heterocycles. The molecule has 0 spiro atoms. The summed E-state index contributed by atoms with van der Waals surface area (Å²) < 4.78 is 0. The van der Waals surface area contributed by atoms with E-state index < -0.39 is 0 Å². The lowest BCUT2D eigenvalue weighted by Gasteiger charge is -2.09. The van der Waals surface area contributed by atoms with Gasteiger partial charge in [-0.15, -0.1) is 0 Å². The summed E-state index contributed by atoms with van der Waals surface area (Å²) in [6, 6.07) is 17.3. The molecule has 0 aliphatic heterocycles. The Labute approximate surface area is 140 Å². The minimum Gasteiger partial charge on any atom is -0.372 e. The van der Waals surface area contributed by atoms with E-state index in [1.165, 1.54) is 35.1 Å². The Hall–Kier alpha value is -2.06. The van der Waals surface area contributed by atoms with Crippen molar-refractivity contribution in [1.82, 2.24) is 5.32 Å². The Morgan fingerprint density at radius 3 is 2.09 bits per heavy atom. The average molecular weight is 308 g/mol. The van der Waals surface area contributed by atoms with E-state index in [4.69, 9.17) is 0 Å². The van der Waals surface area contributed by atoms with Gasteiger partial charge >= 0.3 is 0 Å². The second kappa shape index (κ2) is 9.16. The maximum atomic E-state index is 4.20. The van der Waals surface area contributed by atoms with Crippen LogP contribution in [-0.2, 0) is 0 Å². The zero-order valence-corrected chi connectivity index (χ0v) is 14.4. The van der Waals surface area contributed by atoms with E-state index in [1.807, 2.05) is 0 Å². The zero-order chi connectivity index (χ0) is 16.5. The molecule has 0 heterocycles. The van der Waals surface area contributed by atoms with Crippen LogP contribution < -0.4 is 10.6 Å². The molecule has 0 saturated carbocycles. The van der Waals surface area contributed by atoms with Crippen molar-refractivity contribution in [3.05, 3.63) is 60.7 Å². The number of allylic oxidation sites excluding steroid dienone is 1. The number of nitrogens with one attached hydrogen (secondary N) is 2. The molecule has 0 saturated heterocycles. The van der Waals surface area contributed by atoms with Crippen molar-refractivity contribution in [3.63, 3.8) is 0 Å². The van der Waals surface area contributed by atoms with E-state index in [9.17, 15) is 0 Å². The number of anilines is 1. The van der Waals surface area contributed by atoms with Crippen LogP contribution in [0.4, 0.5) is 5.69 Å². The van der Waals surface area contributed by atoms with Gasteiger partial charge in [-0.1, -0.05) is 63.2 Å². The molecule has 0 aliphatic rings. The largest absolute Gasteiger partial charge is 0.372 e. The van der Waals surface area contributed by atoms with Crippen LogP contribution in [0, 0.1) is 0 Å². The molecule has 23 heavy (non-hydrogen) atoms. The molecule has 0 fully saturated rings. The molecule has 2 heteroatoms. The first-order valence-corrected chi connectivity index (χ1v) is 8.57. The molecule has 122 valence electrons. The maximum absolute atomic E-state index is 4.20. The van der Waals surface area contributed by atoms with Gasteiger partial charge in [0.2, 0.25) is 0 Å². The van der Waals surface area contributed by atoms with Gasteiger partial charge in [-0.05, 0) is 53.8 Å². The Bertz CT molecular complexity index is 597. The molecular weight excluding hydrogens is 280 g/mol. The minimum absolute atomic E-state index is 0.796. The van der Waals surface area contributed by atoms with Crippen LogP contribution in [0.25, 0.3) is 16.7 Å². The molecule has 0 atom stereocenters. The fourth-order valence-corrected chi connectivity index (χ4v) is 2.50. The van der Waals surface area contributed by atoms with Crippen LogP contribution >= 0.6 is 0 Å². The average Bonchev–Trinajstić information content (AvgIpc) is 2.61. The van der Waals surface area contributed by atoms with Gasteiger partial charge in [0.1, 0.15) is 0 Å². The van der Waals surface area contributed by atoms with Crippen molar-refractivity contribution in [1.29, 1.82) is 0 Å². The fraction of sp³-hybridized carbons (Fsp3) is 0.333. The summed E-state index contributed by atoms with van der Waals surface area (Å²) >= 11 is 0. The molecule has 2 aromatic rings. The third kappa shape index (κ3) is 5.26. The minimum atomic E-state index is 0.796. The van der Waals surface area contributed by atoms with Crippen molar-refractivity contribution in [2.75, 3.05) is 18.5 Å². The van der Waals surface area contributed by atoms with Crippen molar-refractivity contribution in [2.24, 2.45) is 0 Å². The van der Waals surface area contributed by atoms with Gasteiger partial charge in [0.25, 0.3) is 0 Å². The molecule has 2 aromatic carbocycles. The van der Waals surface area contributed by atoms with Crippen molar-refractivity contribution in [3.8, 4) is 11.1 Å². The molecule has 0 radical (unpaired) electrons. The van der Waals surface area contributed by atoms with Gasteiger partial charge in [-0.2, -0.15) is 0 Å². The number of rotatable bonds is 9. The molecule has 2 rings (SSSR count). The summed E-state index contributed by atoms with van der Waals surface area (Å²) in [5.74, 6) is 0. The number of hydrogen-bond acceptors (Lipinski definition) is 2. The number of benzene rings is 2. The lowest BCUT2D eigenvalue weighted by molar-refractivity contribution is 0.771. The van der Waals surface area contributed by atoms with Crippen LogP contribution in [0.15, 0.2) is 55.1 Å². The summed E-state index contributed by atoms with van der Waals surface area (Å²) in [5, 5.41) is 6.60. The van der Waals surface area contributed by atoms with E-state index in [2.05, 4.69) is 79.6 Å². The van der Waals surface area contributed by atoms with Gasteiger partial charge in [0.05, 0.1) is 6.67 Å². The summed E-state index contributed by atoms with van der Waals surface area (Å²) in [4.78, 5) is 0. The molecule has 0 aliphatic carbocycles. The predicted octanol–water partition coefficient (Wildman–Crippen LogP) is 5.54. The smallest absolute Gasteiger partial charge is 0.0652 e. The van der Waals surface area contributed by atoms with Gasteiger partial charge < -0.3 is 10.6 Å². The highest BCUT2D eigenvalue weighted by atomic mass is 15.0. The van der Waals surface area contributed by atoms with Crippen LogP contribution in [0.5, 0.6) is 0 Å². The summed E-state index contributed by atoms with van der Waals surface area (Å²) in [7, 11) is 0. The van der Waals surface area contributed by atoms with Crippen molar-refractivity contribution >= 4 is 11.3 Å². The standard InChI is InChI=1S/C21H28N2/c1-4-6-7-17(3)18-8-10-19(11-9-18)20-12-14-21(15-13-20)23-16-22-5-2/h8-15,22-23H,3-7,16H2,1-2H3. The van der Waals surface area contributed by atoms with E-state index in [0.29, 0.717) is 0 Å². The Morgan fingerprint density at radius 2 is 1.52 bits per heavy atom. The SMILES string of the molecule is C=C(CCCC)c1ccc(-c2ccc(NCNCC)cc2)cc1. The molecule has 2 N–H and O–H groups in total. The number of unbranched alkanes of at least 4 members (excludes halogenated alkanes) is 1. The van der Waals surface area contributed by atoms with Gasteiger partial charge in [-0.3, -0.25) is 0 Å². The van der Waals surface area contributed by atoms with E-state index in [-0.39, 0.29) is 0 Å². The predicted molar refractivity (Wildman–Crippen MR) is 103 cm³/mol. The summed E-state index contributed by atoms with van der Waals surface area (Å²) in [6.45, 7) is 10.3. The van der Waals surface area contributed by atoms with Gasteiger partial charge in [0.15, 0.2) is 0 Å². The van der Waals surface area contributed by atoms with Crippen LogP contribution in [-0.4, -0.2) is 13.2 Å².